The molecular weight excluding hydrogens is 461 g/mol. The summed E-state index contributed by atoms with van der Waals surface area (Å²) in [5.74, 6) is -0.536. The van der Waals surface area contributed by atoms with Crippen molar-refractivity contribution in [3.8, 4) is 0 Å². The topological polar surface area (TPSA) is 85.0 Å². The zero-order valence-corrected chi connectivity index (χ0v) is 18.3. The smallest absolute Gasteiger partial charge is 0.416 e. The molecule has 1 fully saturated rings. The van der Waals surface area contributed by atoms with Gasteiger partial charge < -0.3 is 20.3 Å². The number of alkyl halides is 3. The average Bonchev–Trinajstić information content (AvgIpc) is 3.24. The van der Waals surface area contributed by atoms with Gasteiger partial charge in [-0.1, -0.05) is 54.6 Å². The molecule has 0 bridgehead atoms. The molecule has 3 N–H and O–H groups in total. The number of aliphatic hydroxyl groups is 1. The number of hydrogen-bond donors (Lipinski definition) is 2. The second kappa shape index (κ2) is 8.44. The van der Waals surface area contributed by atoms with E-state index in [-0.39, 0.29) is 24.7 Å². The Hall–Kier alpha value is -3.82. The van der Waals surface area contributed by atoms with Crippen LogP contribution in [0.25, 0.3) is 5.76 Å². The van der Waals surface area contributed by atoms with E-state index < -0.39 is 29.5 Å². The number of halogens is 3. The first kappa shape index (κ1) is 22.9. The van der Waals surface area contributed by atoms with Crippen molar-refractivity contribution >= 4 is 17.4 Å². The third kappa shape index (κ3) is 4.13. The van der Waals surface area contributed by atoms with Crippen molar-refractivity contribution in [1.29, 1.82) is 0 Å². The molecule has 3 aromatic carbocycles. The monoisotopic (exact) mass is 482 g/mol. The summed E-state index contributed by atoms with van der Waals surface area (Å²) in [7, 11) is 0. The summed E-state index contributed by atoms with van der Waals surface area (Å²) in [5, 5.41) is 10.6. The van der Waals surface area contributed by atoms with Gasteiger partial charge in [-0.3, -0.25) is 9.69 Å². The minimum Gasteiger partial charge on any atom is -0.463 e. The molecule has 180 valence electrons. The van der Waals surface area contributed by atoms with E-state index in [1.165, 1.54) is 12.1 Å². The zero-order valence-electron chi connectivity index (χ0n) is 18.3. The van der Waals surface area contributed by atoms with Crippen LogP contribution in [-0.4, -0.2) is 24.2 Å². The van der Waals surface area contributed by atoms with Crippen LogP contribution in [-0.2, 0) is 26.0 Å². The van der Waals surface area contributed by atoms with E-state index in [2.05, 4.69) is 0 Å². The number of hydrogen-bond acceptors (Lipinski definition) is 5. The quantitative estimate of drug-likeness (QED) is 0.566. The van der Waals surface area contributed by atoms with Crippen molar-refractivity contribution < 1.29 is 32.5 Å². The predicted octanol–water partition coefficient (Wildman–Crippen LogP) is 4.31. The maximum absolute atomic E-state index is 13.1. The number of carbonyl (C=O) groups is 1. The molecule has 1 atom stereocenters. The van der Waals surface area contributed by atoms with Crippen LogP contribution in [0.1, 0.15) is 28.5 Å². The Morgan fingerprint density at radius 3 is 2.11 bits per heavy atom. The lowest BCUT2D eigenvalue weighted by Crippen LogP contribution is -2.46. The maximum atomic E-state index is 13.1. The second-order valence-electron chi connectivity index (χ2n) is 8.44. The van der Waals surface area contributed by atoms with Crippen LogP contribution in [0.2, 0.25) is 0 Å². The van der Waals surface area contributed by atoms with Gasteiger partial charge in [-0.15, -0.1) is 0 Å². The lowest BCUT2D eigenvalue weighted by Gasteiger charge is -2.37. The van der Waals surface area contributed by atoms with Crippen molar-refractivity contribution in [2.45, 2.75) is 18.0 Å². The summed E-state index contributed by atoms with van der Waals surface area (Å²) >= 11 is 0. The molecular formula is C26H21F3N2O4. The van der Waals surface area contributed by atoms with Crippen molar-refractivity contribution in [2.75, 3.05) is 18.1 Å². The van der Waals surface area contributed by atoms with E-state index in [4.69, 9.17) is 15.2 Å². The molecule has 9 heteroatoms. The van der Waals surface area contributed by atoms with Crippen LogP contribution in [0.3, 0.4) is 0 Å². The first-order valence-corrected chi connectivity index (χ1v) is 10.8. The Kier molecular flexibility index (Phi) is 5.53. The van der Waals surface area contributed by atoms with E-state index in [1.54, 1.807) is 53.4 Å². The predicted molar refractivity (Wildman–Crippen MR) is 121 cm³/mol. The maximum Gasteiger partial charge on any atom is 0.416 e. The molecule has 0 spiro atoms. The summed E-state index contributed by atoms with van der Waals surface area (Å²) in [6.45, 7) is 0.357. The Morgan fingerprint density at radius 1 is 0.971 bits per heavy atom. The summed E-state index contributed by atoms with van der Waals surface area (Å²) in [5.41, 5.74) is 6.13. The van der Waals surface area contributed by atoms with E-state index in [9.17, 15) is 23.1 Å². The molecule has 5 rings (SSSR count). The normalized spacial score (nSPS) is 19.3. The van der Waals surface area contributed by atoms with Crippen molar-refractivity contribution in [3.63, 3.8) is 0 Å². The number of nitrogens with zero attached hydrogens (tertiary/aromatic N) is 1. The number of rotatable bonds is 5. The number of amides is 1. The molecule has 2 heterocycles. The minimum atomic E-state index is -4.48. The molecule has 3 aromatic rings. The third-order valence-corrected chi connectivity index (χ3v) is 6.08. The van der Waals surface area contributed by atoms with Crippen LogP contribution < -0.4 is 10.6 Å². The number of benzene rings is 3. The van der Waals surface area contributed by atoms with Crippen LogP contribution >= 0.6 is 0 Å². The van der Waals surface area contributed by atoms with E-state index >= 15 is 0 Å². The molecule has 2 aliphatic rings. The molecule has 6 nitrogen and oxygen atoms in total. The molecule has 1 saturated heterocycles. The molecule has 0 aromatic heterocycles. The van der Waals surface area contributed by atoms with Gasteiger partial charge in [0.2, 0.25) is 6.23 Å². The van der Waals surface area contributed by atoms with Crippen LogP contribution in [0, 0.1) is 0 Å². The van der Waals surface area contributed by atoms with Gasteiger partial charge >= 0.3 is 6.18 Å². The first-order valence-electron chi connectivity index (χ1n) is 10.8. The standard InChI is InChI=1S/C26H21F3N2O4/c27-26(28,29)19-8-6-17(7-9-19)24-31(20-12-10-18(11-13-20)25(33)14-34-15-25)21(23(30)32)22(35-24)16-4-2-1-3-5-16/h1-13,24,33H,14-15H2,(H2,30,32). The molecule has 0 aliphatic carbocycles. The van der Waals surface area contributed by atoms with E-state index in [0.717, 1.165) is 12.1 Å². The van der Waals surface area contributed by atoms with Gasteiger partial charge in [-0.25, -0.2) is 0 Å². The van der Waals surface area contributed by atoms with Crippen molar-refractivity contribution in [2.24, 2.45) is 5.73 Å². The number of nitrogens with two attached hydrogens (primary N) is 1. The molecule has 1 amide bonds. The average molecular weight is 482 g/mol. The van der Waals surface area contributed by atoms with Gasteiger partial charge in [0, 0.05) is 16.8 Å². The second-order valence-corrected chi connectivity index (χ2v) is 8.44. The van der Waals surface area contributed by atoms with Gasteiger partial charge in [0.05, 0.1) is 18.8 Å². The van der Waals surface area contributed by atoms with Gasteiger partial charge in [0.1, 0.15) is 5.60 Å². The lowest BCUT2D eigenvalue weighted by atomic mass is 9.92. The molecule has 2 aliphatic heterocycles. The minimum absolute atomic E-state index is 0.0690. The number of ether oxygens (including phenoxy) is 2. The van der Waals surface area contributed by atoms with Gasteiger partial charge in [0.15, 0.2) is 11.5 Å². The fourth-order valence-electron chi connectivity index (χ4n) is 4.18. The van der Waals surface area contributed by atoms with Gasteiger partial charge in [0.25, 0.3) is 5.91 Å². The number of carbonyl (C=O) groups excluding carboxylic acids is 1. The summed E-state index contributed by atoms with van der Waals surface area (Å²) in [4.78, 5) is 14.2. The fourth-order valence-corrected chi connectivity index (χ4v) is 4.18. The van der Waals surface area contributed by atoms with Crippen LogP contribution in [0.15, 0.2) is 84.6 Å². The Morgan fingerprint density at radius 2 is 1.60 bits per heavy atom. The zero-order chi connectivity index (χ0) is 24.8. The van der Waals surface area contributed by atoms with Gasteiger partial charge in [-0.2, -0.15) is 13.2 Å². The number of primary amides is 1. The third-order valence-electron chi connectivity index (χ3n) is 6.08. The summed E-state index contributed by atoms with van der Waals surface area (Å²) < 4.78 is 50.6. The lowest BCUT2D eigenvalue weighted by molar-refractivity contribution is -0.184. The van der Waals surface area contributed by atoms with E-state index in [0.29, 0.717) is 22.4 Å². The highest BCUT2D eigenvalue weighted by Gasteiger charge is 2.41. The van der Waals surface area contributed by atoms with Crippen molar-refractivity contribution in [1.82, 2.24) is 0 Å². The largest absolute Gasteiger partial charge is 0.463 e. The van der Waals surface area contributed by atoms with Gasteiger partial charge in [-0.05, 0) is 29.8 Å². The SMILES string of the molecule is NC(=O)C1=C(c2ccccc2)OC(c2ccc(C(F)(F)F)cc2)N1c1ccc(C2(O)COC2)cc1. The molecule has 0 radical (unpaired) electrons. The molecule has 0 saturated carbocycles. The first-order chi connectivity index (χ1) is 16.7. The van der Waals surface area contributed by atoms with Crippen molar-refractivity contribution in [3.05, 3.63) is 107 Å². The highest BCUT2D eigenvalue weighted by atomic mass is 19.4. The Bertz CT molecular complexity index is 1270. The molecule has 35 heavy (non-hydrogen) atoms. The van der Waals surface area contributed by atoms with Crippen LogP contribution in [0.4, 0.5) is 18.9 Å². The summed E-state index contributed by atoms with van der Waals surface area (Å²) in [6, 6.07) is 20.2. The molecule has 1 unspecified atom stereocenters. The Balaban J connectivity index is 1.60. The van der Waals surface area contributed by atoms with E-state index in [1.807, 2.05) is 6.07 Å². The number of anilines is 1. The highest BCUT2D eigenvalue weighted by molar-refractivity contribution is 6.03. The summed E-state index contributed by atoms with van der Waals surface area (Å²) in [6.07, 6.45) is -5.43. The van der Waals surface area contributed by atoms with Crippen LogP contribution in [0.5, 0.6) is 0 Å². The fraction of sp³-hybridized carbons (Fsp3) is 0.192. The highest BCUT2D eigenvalue weighted by Crippen LogP contribution is 2.45. The Labute approximate surface area is 199 Å².